The summed E-state index contributed by atoms with van der Waals surface area (Å²) in [6.45, 7) is 0.712. The third kappa shape index (κ3) is 1.00. The summed E-state index contributed by atoms with van der Waals surface area (Å²) in [5, 5.41) is 9.96. The van der Waals surface area contributed by atoms with Gasteiger partial charge in [0.15, 0.2) is 0 Å². The van der Waals surface area contributed by atoms with Gasteiger partial charge in [-0.3, -0.25) is 0 Å². The largest absolute Gasteiger partial charge is 0.389 e. The normalized spacial score (nSPS) is 47.5. The van der Waals surface area contributed by atoms with Gasteiger partial charge in [0.2, 0.25) is 0 Å². The molecule has 0 radical (unpaired) electrons. The van der Waals surface area contributed by atoms with Gasteiger partial charge in [-0.2, -0.15) is 0 Å². The topological polar surface area (TPSA) is 29.5 Å². The lowest BCUT2D eigenvalue weighted by atomic mass is 10.1. The van der Waals surface area contributed by atoms with Crippen molar-refractivity contribution in [1.29, 1.82) is 0 Å². The van der Waals surface area contributed by atoms with E-state index in [0.717, 1.165) is 6.42 Å². The van der Waals surface area contributed by atoms with Crippen molar-refractivity contribution in [3.05, 3.63) is 0 Å². The summed E-state index contributed by atoms with van der Waals surface area (Å²) in [6, 6.07) is 0. The molecule has 2 nitrogen and oxygen atoms in total. The van der Waals surface area contributed by atoms with E-state index in [1.807, 2.05) is 0 Å². The minimum absolute atomic E-state index is 0.311. The standard InChI is InChI=1S/C9H16O2/c1-11-6-5-9(10)7-3-2-4-8(7)9/h7-8,10H,2-6H2,1H3. The summed E-state index contributed by atoms with van der Waals surface area (Å²) < 4.78 is 4.96. The number of aliphatic hydroxyl groups is 1. The molecule has 64 valence electrons. The lowest BCUT2D eigenvalue weighted by molar-refractivity contribution is 0.0621. The molecule has 0 aromatic carbocycles. The van der Waals surface area contributed by atoms with Crippen molar-refractivity contribution < 1.29 is 9.84 Å². The third-order valence-corrected chi connectivity index (χ3v) is 3.40. The van der Waals surface area contributed by atoms with Crippen molar-refractivity contribution in [2.24, 2.45) is 11.8 Å². The molecular weight excluding hydrogens is 140 g/mol. The minimum atomic E-state index is -0.311. The molecule has 0 aromatic heterocycles. The Morgan fingerprint density at radius 2 is 2.09 bits per heavy atom. The fourth-order valence-electron chi connectivity index (χ4n) is 2.68. The Kier molecular flexibility index (Phi) is 1.69. The molecule has 0 bridgehead atoms. The van der Waals surface area contributed by atoms with E-state index in [1.54, 1.807) is 7.11 Å². The van der Waals surface area contributed by atoms with E-state index in [2.05, 4.69) is 0 Å². The number of hydrogen-bond acceptors (Lipinski definition) is 2. The third-order valence-electron chi connectivity index (χ3n) is 3.40. The van der Waals surface area contributed by atoms with Crippen LogP contribution in [0.5, 0.6) is 0 Å². The summed E-state index contributed by atoms with van der Waals surface area (Å²) in [6.07, 6.45) is 4.65. The van der Waals surface area contributed by atoms with Gasteiger partial charge >= 0.3 is 0 Å². The quantitative estimate of drug-likeness (QED) is 0.665. The highest BCUT2D eigenvalue weighted by molar-refractivity contribution is 5.14. The lowest BCUT2D eigenvalue weighted by Gasteiger charge is -2.12. The molecule has 2 unspecified atom stereocenters. The molecule has 2 heteroatoms. The molecule has 0 amide bonds. The van der Waals surface area contributed by atoms with E-state index in [1.165, 1.54) is 19.3 Å². The average Bonchev–Trinajstić information content (AvgIpc) is 2.50. The van der Waals surface area contributed by atoms with E-state index < -0.39 is 0 Å². The number of fused-ring (bicyclic) bond motifs is 1. The summed E-state index contributed by atoms with van der Waals surface area (Å²) in [4.78, 5) is 0. The van der Waals surface area contributed by atoms with Crippen molar-refractivity contribution in [2.45, 2.75) is 31.3 Å². The Balaban J connectivity index is 1.85. The van der Waals surface area contributed by atoms with Crippen molar-refractivity contribution in [3.8, 4) is 0 Å². The molecular formula is C9H16O2. The molecule has 2 atom stereocenters. The van der Waals surface area contributed by atoms with E-state index in [-0.39, 0.29) is 5.60 Å². The second kappa shape index (κ2) is 2.46. The molecule has 0 heterocycles. The zero-order valence-corrected chi connectivity index (χ0v) is 7.05. The van der Waals surface area contributed by atoms with Gasteiger partial charge in [-0.1, -0.05) is 6.42 Å². The highest BCUT2D eigenvalue weighted by Gasteiger charge is 2.64. The first-order chi connectivity index (χ1) is 5.29. The zero-order chi connectivity index (χ0) is 7.90. The van der Waals surface area contributed by atoms with Gasteiger partial charge in [0, 0.05) is 20.1 Å². The first-order valence-corrected chi connectivity index (χ1v) is 4.50. The summed E-state index contributed by atoms with van der Waals surface area (Å²) in [5.74, 6) is 1.25. The Labute approximate surface area is 67.6 Å². The van der Waals surface area contributed by atoms with Crippen molar-refractivity contribution in [1.82, 2.24) is 0 Å². The molecule has 2 fully saturated rings. The Morgan fingerprint density at radius 3 is 2.64 bits per heavy atom. The SMILES string of the molecule is COCCC1(O)C2CCCC21. The molecule has 2 aliphatic carbocycles. The smallest absolute Gasteiger partial charge is 0.0733 e. The molecule has 0 aromatic rings. The van der Waals surface area contributed by atoms with Crippen molar-refractivity contribution in [3.63, 3.8) is 0 Å². The summed E-state index contributed by atoms with van der Waals surface area (Å²) >= 11 is 0. The average molecular weight is 156 g/mol. The maximum atomic E-state index is 9.96. The van der Waals surface area contributed by atoms with Gasteiger partial charge in [0.1, 0.15) is 0 Å². The fourth-order valence-corrected chi connectivity index (χ4v) is 2.68. The van der Waals surface area contributed by atoms with Crippen LogP contribution in [-0.2, 0) is 4.74 Å². The van der Waals surface area contributed by atoms with Crippen LogP contribution >= 0.6 is 0 Å². The monoisotopic (exact) mass is 156 g/mol. The van der Waals surface area contributed by atoms with Crippen LogP contribution in [0.15, 0.2) is 0 Å². The minimum Gasteiger partial charge on any atom is -0.389 e. The van der Waals surface area contributed by atoms with Gasteiger partial charge in [-0.05, 0) is 24.7 Å². The lowest BCUT2D eigenvalue weighted by Crippen LogP contribution is -2.17. The molecule has 0 saturated heterocycles. The number of methoxy groups -OCH3 is 1. The van der Waals surface area contributed by atoms with E-state index in [9.17, 15) is 5.11 Å². The first kappa shape index (κ1) is 7.56. The fraction of sp³-hybridized carbons (Fsp3) is 1.00. The molecule has 2 aliphatic rings. The Hall–Kier alpha value is -0.0800. The summed E-state index contributed by atoms with van der Waals surface area (Å²) in [5.41, 5.74) is -0.311. The van der Waals surface area contributed by atoms with Crippen LogP contribution in [0.3, 0.4) is 0 Å². The van der Waals surface area contributed by atoms with E-state index in [4.69, 9.17) is 4.74 Å². The van der Waals surface area contributed by atoms with Gasteiger partial charge < -0.3 is 9.84 Å². The molecule has 1 N–H and O–H groups in total. The molecule has 2 rings (SSSR count). The Bertz CT molecular complexity index is 146. The van der Waals surface area contributed by atoms with Crippen LogP contribution in [0, 0.1) is 11.8 Å². The Morgan fingerprint density at radius 1 is 1.45 bits per heavy atom. The van der Waals surface area contributed by atoms with E-state index >= 15 is 0 Å². The second-order valence-electron chi connectivity index (χ2n) is 3.88. The van der Waals surface area contributed by atoms with Crippen LogP contribution in [0.1, 0.15) is 25.7 Å². The van der Waals surface area contributed by atoms with Gasteiger partial charge in [0.05, 0.1) is 5.60 Å². The van der Waals surface area contributed by atoms with Crippen LogP contribution < -0.4 is 0 Å². The van der Waals surface area contributed by atoms with Crippen LogP contribution in [-0.4, -0.2) is 24.4 Å². The zero-order valence-electron chi connectivity index (χ0n) is 7.05. The van der Waals surface area contributed by atoms with Gasteiger partial charge in [0.25, 0.3) is 0 Å². The van der Waals surface area contributed by atoms with Gasteiger partial charge in [-0.25, -0.2) is 0 Å². The van der Waals surface area contributed by atoms with Crippen molar-refractivity contribution in [2.75, 3.05) is 13.7 Å². The molecule has 0 spiro atoms. The maximum absolute atomic E-state index is 9.96. The van der Waals surface area contributed by atoms with Crippen LogP contribution in [0.25, 0.3) is 0 Å². The molecule has 2 saturated carbocycles. The first-order valence-electron chi connectivity index (χ1n) is 4.50. The van der Waals surface area contributed by atoms with Crippen LogP contribution in [0.2, 0.25) is 0 Å². The van der Waals surface area contributed by atoms with E-state index in [0.29, 0.717) is 18.4 Å². The number of ether oxygens (including phenoxy) is 1. The second-order valence-corrected chi connectivity index (χ2v) is 3.88. The highest BCUT2D eigenvalue weighted by atomic mass is 16.5. The number of rotatable bonds is 3. The maximum Gasteiger partial charge on any atom is 0.0733 e. The van der Waals surface area contributed by atoms with Crippen molar-refractivity contribution >= 4 is 0 Å². The molecule has 0 aliphatic heterocycles. The predicted molar refractivity (Wildman–Crippen MR) is 42.3 cm³/mol. The molecule has 11 heavy (non-hydrogen) atoms. The summed E-state index contributed by atoms with van der Waals surface area (Å²) in [7, 11) is 1.70. The van der Waals surface area contributed by atoms with Crippen LogP contribution in [0.4, 0.5) is 0 Å². The van der Waals surface area contributed by atoms with Gasteiger partial charge in [-0.15, -0.1) is 0 Å². The number of hydrogen-bond donors (Lipinski definition) is 1. The predicted octanol–water partition coefficient (Wildman–Crippen LogP) is 1.18. The highest BCUT2D eigenvalue weighted by Crippen LogP contribution is 2.62.